The number of nitrogen functional groups attached to an aromatic ring is 1. The van der Waals surface area contributed by atoms with E-state index in [0.717, 1.165) is 18.7 Å². The maximum absolute atomic E-state index is 5.68. The van der Waals surface area contributed by atoms with Crippen LogP contribution in [0.5, 0.6) is 0 Å². The first kappa shape index (κ1) is 13.4. The lowest BCUT2D eigenvalue weighted by atomic mass is 9.83. The number of nitrogens with two attached hydrogens (primary N) is 1. The molecule has 1 aliphatic carbocycles. The first-order chi connectivity index (χ1) is 8.68. The second-order valence-electron chi connectivity index (χ2n) is 5.89. The highest BCUT2D eigenvalue weighted by molar-refractivity contribution is 5.39. The number of rotatable bonds is 5. The van der Waals surface area contributed by atoms with E-state index in [1.807, 2.05) is 12.1 Å². The van der Waals surface area contributed by atoms with Gasteiger partial charge in [-0.3, -0.25) is 0 Å². The van der Waals surface area contributed by atoms with Gasteiger partial charge < -0.3 is 11.1 Å². The first-order valence-corrected chi connectivity index (χ1v) is 7.27. The molecular weight excluding hydrogens is 220 g/mol. The van der Waals surface area contributed by atoms with Crippen LogP contribution < -0.4 is 11.1 Å². The molecule has 0 aromatic heterocycles. The molecule has 1 aromatic rings. The maximum Gasteiger partial charge on any atom is 0.0314 e. The molecule has 2 nitrogen and oxygen atoms in total. The van der Waals surface area contributed by atoms with Crippen molar-refractivity contribution in [3.05, 3.63) is 29.8 Å². The number of aryl methyl sites for hydroxylation is 1. The van der Waals surface area contributed by atoms with E-state index >= 15 is 0 Å². The average molecular weight is 246 g/mol. The van der Waals surface area contributed by atoms with E-state index in [0.29, 0.717) is 5.54 Å². The molecule has 1 aromatic carbocycles. The van der Waals surface area contributed by atoms with Gasteiger partial charge >= 0.3 is 0 Å². The third-order valence-electron chi connectivity index (χ3n) is 4.13. The highest BCUT2D eigenvalue weighted by Crippen LogP contribution is 2.27. The molecular formula is C16H26N2. The Kier molecular flexibility index (Phi) is 4.65. The summed E-state index contributed by atoms with van der Waals surface area (Å²) in [5, 5.41) is 3.75. The number of anilines is 1. The van der Waals surface area contributed by atoms with Gasteiger partial charge in [-0.2, -0.15) is 0 Å². The Hall–Kier alpha value is -1.02. The van der Waals surface area contributed by atoms with Crippen LogP contribution in [-0.4, -0.2) is 12.1 Å². The molecule has 1 aliphatic rings. The van der Waals surface area contributed by atoms with Gasteiger partial charge in [-0.15, -0.1) is 0 Å². The molecule has 100 valence electrons. The Balaban J connectivity index is 1.67. The third kappa shape index (κ3) is 4.02. The summed E-state index contributed by atoms with van der Waals surface area (Å²) < 4.78 is 0. The second-order valence-corrected chi connectivity index (χ2v) is 5.89. The van der Waals surface area contributed by atoms with Crippen molar-refractivity contribution in [3.63, 3.8) is 0 Å². The second kappa shape index (κ2) is 6.24. The van der Waals surface area contributed by atoms with Gasteiger partial charge in [0.2, 0.25) is 0 Å². The Morgan fingerprint density at radius 1 is 1.11 bits per heavy atom. The van der Waals surface area contributed by atoms with Crippen LogP contribution in [0.15, 0.2) is 24.3 Å². The minimum Gasteiger partial charge on any atom is -0.399 e. The van der Waals surface area contributed by atoms with Crippen molar-refractivity contribution in [1.82, 2.24) is 5.32 Å². The van der Waals surface area contributed by atoms with Crippen LogP contribution in [0.4, 0.5) is 5.69 Å². The molecule has 0 radical (unpaired) electrons. The average Bonchev–Trinajstić information content (AvgIpc) is 2.38. The summed E-state index contributed by atoms with van der Waals surface area (Å²) in [6.45, 7) is 3.51. The summed E-state index contributed by atoms with van der Waals surface area (Å²) in [5.41, 5.74) is 8.33. The van der Waals surface area contributed by atoms with Gasteiger partial charge in [-0.25, -0.2) is 0 Å². The molecule has 18 heavy (non-hydrogen) atoms. The van der Waals surface area contributed by atoms with E-state index in [9.17, 15) is 0 Å². The van der Waals surface area contributed by atoms with E-state index in [1.165, 1.54) is 44.1 Å². The van der Waals surface area contributed by atoms with E-state index in [4.69, 9.17) is 5.73 Å². The van der Waals surface area contributed by atoms with Gasteiger partial charge in [-0.1, -0.05) is 31.4 Å². The topological polar surface area (TPSA) is 38.0 Å². The largest absolute Gasteiger partial charge is 0.399 e. The van der Waals surface area contributed by atoms with E-state index in [-0.39, 0.29) is 0 Å². The summed E-state index contributed by atoms with van der Waals surface area (Å²) in [6, 6.07) is 8.26. The molecule has 2 heteroatoms. The molecule has 1 fully saturated rings. The summed E-state index contributed by atoms with van der Waals surface area (Å²) >= 11 is 0. The molecule has 1 saturated carbocycles. The number of benzene rings is 1. The molecule has 0 unspecified atom stereocenters. The Morgan fingerprint density at radius 3 is 2.44 bits per heavy atom. The Labute approximate surface area is 111 Å². The fourth-order valence-corrected chi connectivity index (χ4v) is 2.88. The van der Waals surface area contributed by atoms with E-state index < -0.39 is 0 Å². The Bertz CT molecular complexity index is 350. The fraction of sp³-hybridized carbons (Fsp3) is 0.625. The minimum atomic E-state index is 0.402. The van der Waals surface area contributed by atoms with E-state index in [2.05, 4.69) is 24.4 Å². The van der Waals surface area contributed by atoms with Crippen LogP contribution in [0.1, 0.15) is 51.0 Å². The first-order valence-electron chi connectivity index (χ1n) is 7.27. The van der Waals surface area contributed by atoms with Crippen molar-refractivity contribution in [2.45, 2.75) is 57.4 Å². The summed E-state index contributed by atoms with van der Waals surface area (Å²) in [4.78, 5) is 0. The smallest absolute Gasteiger partial charge is 0.0314 e. The van der Waals surface area contributed by atoms with Crippen LogP contribution in [0.25, 0.3) is 0 Å². The predicted molar refractivity (Wildman–Crippen MR) is 78.7 cm³/mol. The van der Waals surface area contributed by atoms with Gasteiger partial charge in [0.05, 0.1) is 0 Å². The van der Waals surface area contributed by atoms with Gasteiger partial charge in [0.1, 0.15) is 0 Å². The van der Waals surface area contributed by atoms with Crippen LogP contribution in [0, 0.1) is 0 Å². The lowest BCUT2D eigenvalue weighted by Crippen LogP contribution is -2.44. The number of hydrogen-bond donors (Lipinski definition) is 2. The third-order valence-corrected chi connectivity index (χ3v) is 4.13. The van der Waals surface area contributed by atoms with Crippen molar-refractivity contribution in [3.8, 4) is 0 Å². The van der Waals surface area contributed by atoms with Crippen LogP contribution in [-0.2, 0) is 6.42 Å². The fourth-order valence-electron chi connectivity index (χ4n) is 2.88. The number of nitrogens with one attached hydrogen (secondary N) is 1. The molecule has 0 heterocycles. The van der Waals surface area contributed by atoms with Crippen molar-refractivity contribution >= 4 is 5.69 Å². The van der Waals surface area contributed by atoms with Gasteiger partial charge in [-0.05, 0) is 56.8 Å². The molecule has 0 bridgehead atoms. The highest BCUT2D eigenvalue weighted by atomic mass is 15.0. The lowest BCUT2D eigenvalue weighted by molar-refractivity contribution is 0.254. The van der Waals surface area contributed by atoms with Crippen LogP contribution >= 0.6 is 0 Å². The quantitative estimate of drug-likeness (QED) is 0.616. The van der Waals surface area contributed by atoms with Gasteiger partial charge in [0, 0.05) is 11.2 Å². The predicted octanol–water partition coefficient (Wildman–Crippen LogP) is 3.51. The SMILES string of the molecule is CC1(NCCCc2ccc(N)cc2)CCCCC1. The zero-order valence-electron chi connectivity index (χ0n) is 11.5. The van der Waals surface area contributed by atoms with Crippen molar-refractivity contribution < 1.29 is 0 Å². The molecule has 2 rings (SSSR count). The van der Waals surface area contributed by atoms with Crippen molar-refractivity contribution in [2.24, 2.45) is 0 Å². The summed E-state index contributed by atoms with van der Waals surface area (Å²) in [6.07, 6.45) is 9.23. The monoisotopic (exact) mass is 246 g/mol. The van der Waals surface area contributed by atoms with Gasteiger partial charge in [0.15, 0.2) is 0 Å². The van der Waals surface area contributed by atoms with Crippen molar-refractivity contribution in [2.75, 3.05) is 12.3 Å². The van der Waals surface area contributed by atoms with Gasteiger partial charge in [0.25, 0.3) is 0 Å². The summed E-state index contributed by atoms with van der Waals surface area (Å²) in [7, 11) is 0. The molecule has 0 spiro atoms. The van der Waals surface area contributed by atoms with Crippen LogP contribution in [0.3, 0.4) is 0 Å². The maximum atomic E-state index is 5.68. The zero-order valence-corrected chi connectivity index (χ0v) is 11.5. The molecule has 0 saturated heterocycles. The normalized spacial score (nSPS) is 18.7. The van der Waals surface area contributed by atoms with Crippen LogP contribution in [0.2, 0.25) is 0 Å². The van der Waals surface area contributed by atoms with E-state index in [1.54, 1.807) is 0 Å². The minimum absolute atomic E-state index is 0.402. The highest BCUT2D eigenvalue weighted by Gasteiger charge is 2.25. The molecule has 0 aliphatic heterocycles. The zero-order chi connectivity index (χ0) is 12.8. The standard InChI is InChI=1S/C16H26N2/c1-16(11-3-2-4-12-16)18-13-5-6-14-7-9-15(17)10-8-14/h7-10,18H,2-6,11-13,17H2,1H3. The van der Waals surface area contributed by atoms with Crippen molar-refractivity contribution in [1.29, 1.82) is 0 Å². The molecule has 3 N–H and O–H groups in total. The lowest BCUT2D eigenvalue weighted by Gasteiger charge is -2.34. The number of hydrogen-bond acceptors (Lipinski definition) is 2. The summed E-state index contributed by atoms with van der Waals surface area (Å²) in [5.74, 6) is 0. The Morgan fingerprint density at radius 2 is 1.78 bits per heavy atom. The molecule has 0 amide bonds. The molecule has 0 atom stereocenters.